The molecule has 2 aromatic carbocycles. The van der Waals surface area contributed by atoms with Crippen molar-refractivity contribution in [3.8, 4) is 17.0 Å². The molecular formula is C20H20FN5O. The molecule has 2 heterocycles. The normalized spacial score (nSPS) is 11.6. The maximum absolute atomic E-state index is 14.0. The smallest absolute Gasteiger partial charge is 0.165 e. The van der Waals surface area contributed by atoms with E-state index in [0.29, 0.717) is 11.3 Å². The molecule has 0 aliphatic rings. The summed E-state index contributed by atoms with van der Waals surface area (Å²) in [5.74, 6) is -0.218. The van der Waals surface area contributed by atoms with Crippen molar-refractivity contribution >= 4 is 21.9 Å². The molecule has 0 amide bonds. The van der Waals surface area contributed by atoms with Crippen molar-refractivity contribution in [2.45, 2.75) is 6.54 Å². The fourth-order valence-corrected chi connectivity index (χ4v) is 2.96. The molecule has 0 saturated carbocycles. The van der Waals surface area contributed by atoms with Gasteiger partial charge in [0.05, 0.1) is 42.1 Å². The number of nitrogens with zero attached hydrogens (tertiary/aromatic N) is 5. The van der Waals surface area contributed by atoms with Gasteiger partial charge >= 0.3 is 0 Å². The summed E-state index contributed by atoms with van der Waals surface area (Å²) in [5, 5.41) is 5.65. The zero-order chi connectivity index (χ0) is 19.0. The molecule has 0 aliphatic heterocycles. The van der Waals surface area contributed by atoms with Crippen LogP contribution < -0.4 is 4.74 Å². The number of benzene rings is 2. The van der Waals surface area contributed by atoms with Crippen LogP contribution in [0.15, 0.2) is 42.7 Å². The standard InChI is InChI=1S/C20H20FN5O/c1-25(2)6-7-26-12-14-9-17-18(10-16(14)24-26)23-19(11-22-17)13-4-5-20(27-3)15(21)8-13/h4-5,8-12H,6-7H2,1-3H3. The van der Waals surface area contributed by atoms with Crippen molar-refractivity contribution in [1.82, 2.24) is 24.6 Å². The Morgan fingerprint density at radius 1 is 1.11 bits per heavy atom. The third kappa shape index (κ3) is 3.46. The molecule has 0 aliphatic carbocycles. The van der Waals surface area contributed by atoms with E-state index in [1.165, 1.54) is 13.2 Å². The van der Waals surface area contributed by atoms with E-state index in [9.17, 15) is 4.39 Å². The lowest BCUT2D eigenvalue weighted by molar-refractivity contribution is 0.374. The predicted molar refractivity (Wildman–Crippen MR) is 103 cm³/mol. The molecule has 0 radical (unpaired) electrons. The molecular weight excluding hydrogens is 345 g/mol. The van der Waals surface area contributed by atoms with Gasteiger partial charge in [-0.3, -0.25) is 9.67 Å². The van der Waals surface area contributed by atoms with Crippen LogP contribution in [0.3, 0.4) is 0 Å². The molecule has 0 unspecified atom stereocenters. The fraction of sp³-hybridized carbons (Fsp3) is 0.250. The van der Waals surface area contributed by atoms with E-state index in [2.05, 4.69) is 20.0 Å². The summed E-state index contributed by atoms with van der Waals surface area (Å²) >= 11 is 0. The fourth-order valence-electron chi connectivity index (χ4n) is 2.96. The summed E-state index contributed by atoms with van der Waals surface area (Å²) < 4.78 is 20.9. The predicted octanol–water partition coefficient (Wildman–Crippen LogP) is 3.36. The van der Waals surface area contributed by atoms with Crippen LogP contribution in [0.25, 0.3) is 33.2 Å². The first kappa shape index (κ1) is 17.4. The van der Waals surface area contributed by atoms with Crippen molar-refractivity contribution in [2.75, 3.05) is 27.7 Å². The first-order valence-electron chi connectivity index (χ1n) is 8.66. The maximum Gasteiger partial charge on any atom is 0.165 e. The molecule has 0 saturated heterocycles. The van der Waals surface area contributed by atoms with Gasteiger partial charge in [0.15, 0.2) is 11.6 Å². The van der Waals surface area contributed by atoms with Gasteiger partial charge in [-0.05, 0) is 44.4 Å². The van der Waals surface area contributed by atoms with Crippen molar-refractivity contribution in [3.05, 3.63) is 48.5 Å². The molecule has 0 atom stereocenters. The van der Waals surface area contributed by atoms with Gasteiger partial charge in [-0.15, -0.1) is 0 Å². The molecule has 2 aromatic heterocycles. The molecule has 4 rings (SSSR count). The van der Waals surface area contributed by atoms with Crippen LogP contribution in [0.5, 0.6) is 5.75 Å². The number of aromatic nitrogens is 4. The highest BCUT2D eigenvalue weighted by Crippen LogP contribution is 2.26. The van der Waals surface area contributed by atoms with E-state index < -0.39 is 5.82 Å². The summed E-state index contributed by atoms with van der Waals surface area (Å²) in [7, 11) is 5.51. The zero-order valence-corrected chi connectivity index (χ0v) is 15.5. The SMILES string of the molecule is COc1ccc(-c2cnc3cc4cn(CCN(C)C)nc4cc3n2)cc1F. The molecule has 7 heteroatoms. The van der Waals surface area contributed by atoms with Gasteiger partial charge in [0.25, 0.3) is 0 Å². The molecule has 0 bridgehead atoms. The Kier molecular flexibility index (Phi) is 4.45. The Balaban J connectivity index is 1.73. The van der Waals surface area contributed by atoms with Crippen LogP contribution in [-0.2, 0) is 6.54 Å². The Morgan fingerprint density at radius 2 is 1.96 bits per heavy atom. The van der Waals surface area contributed by atoms with Gasteiger partial charge in [-0.25, -0.2) is 9.37 Å². The van der Waals surface area contributed by atoms with Crippen molar-refractivity contribution in [3.63, 3.8) is 0 Å². The lowest BCUT2D eigenvalue weighted by Crippen LogP contribution is -2.18. The first-order chi connectivity index (χ1) is 13.0. The highest BCUT2D eigenvalue weighted by atomic mass is 19.1. The zero-order valence-electron chi connectivity index (χ0n) is 15.5. The monoisotopic (exact) mass is 365 g/mol. The summed E-state index contributed by atoms with van der Waals surface area (Å²) in [5.41, 5.74) is 3.64. The van der Waals surface area contributed by atoms with Crippen molar-refractivity contribution < 1.29 is 9.13 Å². The molecule has 4 aromatic rings. The van der Waals surface area contributed by atoms with Crippen molar-refractivity contribution in [2.24, 2.45) is 0 Å². The van der Waals surface area contributed by atoms with E-state index in [1.54, 1.807) is 18.3 Å². The number of hydrogen-bond donors (Lipinski definition) is 0. The lowest BCUT2D eigenvalue weighted by atomic mass is 10.1. The Hall–Kier alpha value is -3.06. The summed E-state index contributed by atoms with van der Waals surface area (Å²) in [4.78, 5) is 11.3. The second-order valence-electron chi connectivity index (χ2n) is 6.70. The minimum absolute atomic E-state index is 0.206. The highest BCUT2D eigenvalue weighted by Gasteiger charge is 2.10. The van der Waals surface area contributed by atoms with Crippen LogP contribution in [0.4, 0.5) is 4.39 Å². The van der Waals surface area contributed by atoms with Crippen LogP contribution in [0.1, 0.15) is 0 Å². The van der Waals surface area contributed by atoms with E-state index in [4.69, 9.17) is 4.74 Å². The minimum atomic E-state index is -0.424. The molecule has 138 valence electrons. The number of ether oxygens (including phenoxy) is 1. The van der Waals surface area contributed by atoms with Crippen LogP contribution in [0.2, 0.25) is 0 Å². The average molecular weight is 365 g/mol. The van der Waals surface area contributed by atoms with Crippen LogP contribution in [-0.4, -0.2) is 52.4 Å². The maximum atomic E-state index is 14.0. The number of methoxy groups -OCH3 is 1. The molecule has 27 heavy (non-hydrogen) atoms. The van der Waals surface area contributed by atoms with Gasteiger partial charge in [0.2, 0.25) is 0 Å². The van der Waals surface area contributed by atoms with E-state index in [-0.39, 0.29) is 5.75 Å². The third-order valence-corrected chi connectivity index (χ3v) is 4.44. The van der Waals surface area contributed by atoms with E-state index >= 15 is 0 Å². The minimum Gasteiger partial charge on any atom is -0.494 e. The summed E-state index contributed by atoms with van der Waals surface area (Å²) in [6, 6.07) is 8.67. The largest absolute Gasteiger partial charge is 0.494 e. The van der Waals surface area contributed by atoms with Crippen LogP contribution >= 0.6 is 0 Å². The van der Waals surface area contributed by atoms with Crippen LogP contribution in [0, 0.1) is 5.82 Å². The molecule has 0 spiro atoms. The number of likely N-dealkylation sites (N-methyl/N-ethyl adjacent to an activating group) is 1. The van der Waals surface area contributed by atoms with Gasteiger partial charge < -0.3 is 9.64 Å². The van der Waals surface area contributed by atoms with Crippen molar-refractivity contribution in [1.29, 1.82) is 0 Å². The van der Waals surface area contributed by atoms with E-state index in [0.717, 1.165) is 35.0 Å². The Morgan fingerprint density at radius 3 is 2.70 bits per heavy atom. The van der Waals surface area contributed by atoms with E-state index in [1.807, 2.05) is 37.1 Å². The number of halogens is 1. The third-order valence-electron chi connectivity index (χ3n) is 4.44. The summed E-state index contributed by atoms with van der Waals surface area (Å²) in [6.45, 7) is 1.73. The first-order valence-corrected chi connectivity index (χ1v) is 8.66. The summed E-state index contributed by atoms with van der Waals surface area (Å²) in [6.07, 6.45) is 3.68. The number of fused-ring (bicyclic) bond motifs is 2. The molecule has 0 fully saturated rings. The second kappa shape index (κ2) is 6.92. The highest BCUT2D eigenvalue weighted by molar-refractivity contribution is 5.93. The Bertz CT molecular complexity index is 1120. The Labute approximate surface area is 156 Å². The lowest BCUT2D eigenvalue weighted by Gasteiger charge is -2.08. The van der Waals surface area contributed by atoms with Gasteiger partial charge in [-0.2, -0.15) is 5.10 Å². The quantitative estimate of drug-likeness (QED) is 0.543. The number of rotatable bonds is 5. The van der Waals surface area contributed by atoms with Gasteiger partial charge in [-0.1, -0.05) is 0 Å². The second-order valence-corrected chi connectivity index (χ2v) is 6.70. The molecule has 0 N–H and O–H groups in total. The molecule has 6 nitrogen and oxygen atoms in total. The van der Waals surface area contributed by atoms with Gasteiger partial charge in [0.1, 0.15) is 0 Å². The number of hydrogen-bond acceptors (Lipinski definition) is 5. The average Bonchev–Trinajstić information content (AvgIpc) is 3.05. The van der Waals surface area contributed by atoms with Gasteiger partial charge in [0, 0.05) is 23.7 Å². The topological polar surface area (TPSA) is 56.1 Å².